The first kappa shape index (κ1) is 22.1. The molecule has 1 aliphatic carbocycles. The number of aliphatic imine (C=N–C) groups is 1. The molecular weight excluding hydrogens is 388 g/mol. The Hall–Kier alpha value is -2.08. The number of anilines is 1. The highest BCUT2D eigenvalue weighted by Crippen LogP contribution is 2.38. The molecule has 1 atom stereocenters. The number of benzene rings is 1. The molecule has 6 nitrogen and oxygen atoms in total. The van der Waals surface area contributed by atoms with Crippen molar-refractivity contribution in [2.75, 3.05) is 31.6 Å². The van der Waals surface area contributed by atoms with E-state index in [4.69, 9.17) is 9.73 Å². The molecule has 2 saturated heterocycles. The van der Waals surface area contributed by atoms with Gasteiger partial charge in [-0.1, -0.05) is 39.2 Å². The fraction of sp³-hybridized carbons (Fsp3) is 0.680. The second-order valence-electron chi connectivity index (χ2n) is 9.83. The van der Waals surface area contributed by atoms with Gasteiger partial charge >= 0.3 is 6.03 Å². The van der Waals surface area contributed by atoms with Gasteiger partial charge in [-0.2, -0.15) is 0 Å². The molecule has 2 amide bonds. The fourth-order valence-corrected chi connectivity index (χ4v) is 5.36. The zero-order valence-electron chi connectivity index (χ0n) is 19.4. The molecule has 2 heterocycles. The van der Waals surface area contributed by atoms with Gasteiger partial charge in [-0.05, 0) is 63.2 Å². The van der Waals surface area contributed by atoms with Crippen molar-refractivity contribution < 1.29 is 9.53 Å². The van der Waals surface area contributed by atoms with Crippen LogP contribution in [0.2, 0.25) is 0 Å². The summed E-state index contributed by atoms with van der Waals surface area (Å²) in [5.74, 6) is 2.33. The number of amides is 2. The standard InChI is InChI=1S/C25H38N4O2/c1-19(2)13-16-28-15-8-14-25(18-28)23(26-20-9-5-4-6-10-20)27-24(30)29(25)21-11-7-12-22(17-21)31-3/h7,11-12,17,19-20H,4-6,8-10,13-16,18H2,1-3H3,(H,26,27,30). The normalized spacial score (nSPS) is 26.8. The Bertz CT molecular complexity index is 802. The number of likely N-dealkylation sites (tertiary alicyclic amines) is 1. The SMILES string of the molecule is COc1cccc(N2C(=O)NC(=NC3CCCCC3)C23CCCN(CCC(C)C)C3)c1. The molecule has 0 radical (unpaired) electrons. The van der Waals surface area contributed by atoms with E-state index in [2.05, 4.69) is 24.1 Å². The smallest absolute Gasteiger partial charge is 0.328 e. The summed E-state index contributed by atoms with van der Waals surface area (Å²) in [5.41, 5.74) is 0.465. The molecule has 6 heteroatoms. The number of carbonyl (C=O) groups is 1. The predicted molar refractivity (Wildman–Crippen MR) is 126 cm³/mol. The summed E-state index contributed by atoms with van der Waals surface area (Å²) in [6, 6.07) is 8.14. The Morgan fingerprint density at radius 3 is 2.77 bits per heavy atom. The molecule has 31 heavy (non-hydrogen) atoms. The minimum absolute atomic E-state index is 0.0616. The quantitative estimate of drug-likeness (QED) is 0.708. The summed E-state index contributed by atoms with van der Waals surface area (Å²) in [6.45, 7) is 7.54. The van der Waals surface area contributed by atoms with Crippen LogP contribution in [0.1, 0.15) is 65.2 Å². The number of urea groups is 1. The van der Waals surface area contributed by atoms with Gasteiger partial charge < -0.3 is 9.64 Å². The van der Waals surface area contributed by atoms with Crippen molar-refractivity contribution in [1.29, 1.82) is 0 Å². The van der Waals surface area contributed by atoms with Crippen molar-refractivity contribution in [2.45, 2.75) is 76.8 Å². The van der Waals surface area contributed by atoms with E-state index in [1.165, 1.54) is 25.7 Å². The molecule has 1 N–H and O–H groups in total. The van der Waals surface area contributed by atoms with Crippen LogP contribution in [-0.4, -0.2) is 55.1 Å². The fourth-order valence-electron chi connectivity index (χ4n) is 5.36. The maximum atomic E-state index is 13.3. The summed E-state index contributed by atoms with van der Waals surface area (Å²) in [7, 11) is 1.67. The molecule has 4 rings (SSSR count). The van der Waals surface area contributed by atoms with Crippen molar-refractivity contribution in [3.05, 3.63) is 24.3 Å². The van der Waals surface area contributed by atoms with Gasteiger partial charge in [0.05, 0.1) is 18.8 Å². The van der Waals surface area contributed by atoms with Crippen molar-refractivity contribution in [3.8, 4) is 5.75 Å². The molecule has 2 aliphatic heterocycles. The summed E-state index contributed by atoms with van der Waals surface area (Å²) < 4.78 is 5.46. The van der Waals surface area contributed by atoms with Crippen molar-refractivity contribution in [2.24, 2.45) is 10.9 Å². The van der Waals surface area contributed by atoms with Crippen molar-refractivity contribution in [1.82, 2.24) is 10.2 Å². The zero-order valence-corrected chi connectivity index (χ0v) is 19.4. The van der Waals surface area contributed by atoms with Crippen molar-refractivity contribution in [3.63, 3.8) is 0 Å². The predicted octanol–water partition coefficient (Wildman–Crippen LogP) is 4.84. The van der Waals surface area contributed by atoms with Crippen LogP contribution in [0.25, 0.3) is 0 Å². The molecule has 3 fully saturated rings. The van der Waals surface area contributed by atoms with Gasteiger partial charge in [-0.25, -0.2) is 4.79 Å². The number of hydrogen-bond donors (Lipinski definition) is 1. The topological polar surface area (TPSA) is 57.2 Å². The average molecular weight is 427 g/mol. The molecule has 0 bridgehead atoms. The number of nitrogens with one attached hydrogen (secondary N) is 1. The van der Waals surface area contributed by atoms with Gasteiger partial charge in [0.2, 0.25) is 0 Å². The zero-order chi connectivity index (χ0) is 21.8. The minimum Gasteiger partial charge on any atom is -0.497 e. The highest BCUT2D eigenvalue weighted by molar-refractivity contribution is 6.19. The third-order valence-corrected chi connectivity index (χ3v) is 7.07. The van der Waals surface area contributed by atoms with E-state index in [-0.39, 0.29) is 6.03 Å². The molecule has 1 unspecified atom stereocenters. The van der Waals surface area contributed by atoms with Crippen LogP contribution in [0.15, 0.2) is 29.3 Å². The maximum Gasteiger partial charge on any atom is 0.328 e. The number of hydrogen-bond acceptors (Lipinski definition) is 4. The van der Waals surface area contributed by atoms with Crippen LogP contribution in [0.5, 0.6) is 5.75 Å². The summed E-state index contributed by atoms with van der Waals surface area (Å²) in [4.78, 5) is 23.0. The Morgan fingerprint density at radius 1 is 1.23 bits per heavy atom. The largest absolute Gasteiger partial charge is 0.497 e. The van der Waals surface area contributed by atoms with Gasteiger partial charge in [0.15, 0.2) is 0 Å². The molecule has 3 aliphatic rings. The van der Waals surface area contributed by atoms with Crippen LogP contribution in [0, 0.1) is 5.92 Å². The van der Waals surface area contributed by atoms with E-state index in [0.29, 0.717) is 12.0 Å². The van der Waals surface area contributed by atoms with E-state index in [0.717, 1.165) is 62.6 Å². The van der Waals surface area contributed by atoms with Crippen LogP contribution in [-0.2, 0) is 0 Å². The lowest BCUT2D eigenvalue weighted by atomic mass is 9.85. The summed E-state index contributed by atoms with van der Waals surface area (Å²) in [5, 5.41) is 3.20. The number of carbonyl (C=O) groups excluding carboxylic acids is 1. The third-order valence-electron chi connectivity index (χ3n) is 7.07. The molecule has 170 valence electrons. The average Bonchev–Trinajstić information content (AvgIpc) is 3.03. The number of ether oxygens (including phenoxy) is 1. The van der Waals surface area contributed by atoms with Crippen LogP contribution in [0.4, 0.5) is 10.5 Å². The van der Waals surface area contributed by atoms with E-state index in [9.17, 15) is 4.79 Å². The van der Waals surface area contributed by atoms with Crippen LogP contribution >= 0.6 is 0 Å². The highest BCUT2D eigenvalue weighted by atomic mass is 16.5. The summed E-state index contributed by atoms with van der Waals surface area (Å²) in [6.07, 6.45) is 9.22. The number of methoxy groups -OCH3 is 1. The first-order chi connectivity index (χ1) is 15.0. The molecule has 1 spiro atoms. The van der Waals surface area contributed by atoms with Gasteiger partial charge in [0, 0.05) is 12.6 Å². The maximum absolute atomic E-state index is 13.3. The lowest BCUT2D eigenvalue weighted by molar-refractivity contribution is 0.175. The Labute approximate surface area is 187 Å². The monoisotopic (exact) mass is 426 g/mol. The first-order valence-corrected chi connectivity index (χ1v) is 12.1. The third kappa shape index (κ3) is 4.74. The summed E-state index contributed by atoms with van der Waals surface area (Å²) >= 11 is 0. The van der Waals surface area contributed by atoms with Crippen LogP contribution < -0.4 is 15.0 Å². The van der Waals surface area contributed by atoms with E-state index in [1.54, 1.807) is 7.11 Å². The number of piperidine rings is 1. The molecule has 0 aromatic heterocycles. The minimum atomic E-state index is -0.421. The van der Waals surface area contributed by atoms with Crippen molar-refractivity contribution >= 4 is 17.6 Å². The Balaban J connectivity index is 1.70. The molecular formula is C25H38N4O2. The van der Waals surface area contributed by atoms with Gasteiger partial charge in [0.25, 0.3) is 0 Å². The van der Waals surface area contributed by atoms with E-state index < -0.39 is 5.54 Å². The molecule has 1 aromatic rings. The molecule has 1 aromatic carbocycles. The molecule has 1 saturated carbocycles. The lowest BCUT2D eigenvalue weighted by Crippen LogP contribution is -2.60. The highest BCUT2D eigenvalue weighted by Gasteiger charge is 2.53. The van der Waals surface area contributed by atoms with Gasteiger partial charge in [-0.3, -0.25) is 15.2 Å². The first-order valence-electron chi connectivity index (χ1n) is 12.1. The Kier molecular flexibility index (Phi) is 6.85. The number of rotatable bonds is 6. The second-order valence-corrected chi connectivity index (χ2v) is 9.83. The van der Waals surface area contributed by atoms with E-state index >= 15 is 0 Å². The van der Waals surface area contributed by atoms with Gasteiger partial charge in [0.1, 0.15) is 17.1 Å². The Morgan fingerprint density at radius 2 is 2.03 bits per heavy atom. The van der Waals surface area contributed by atoms with E-state index in [1.807, 2.05) is 29.2 Å². The lowest BCUT2D eigenvalue weighted by Gasteiger charge is -2.45. The number of nitrogens with zero attached hydrogens (tertiary/aromatic N) is 3. The van der Waals surface area contributed by atoms with Gasteiger partial charge in [-0.15, -0.1) is 0 Å². The number of amidine groups is 1. The van der Waals surface area contributed by atoms with Crippen LogP contribution in [0.3, 0.4) is 0 Å². The second kappa shape index (κ2) is 9.60.